The Morgan fingerprint density at radius 2 is 1.66 bits per heavy atom. The van der Waals surface area contributed by atoms with Crippen LogP contribution >= 0.6 is 0 Å². The van der Waals surface area contributed by atoms with Crippen LogP contribution in [0.1, 0.15) is 33.8 Å². The molecule has 6 heteroatoms. The number of aromatic nitrogens is 2. The second kappa shape index (κ2) is 9.39. The number of rotatable bonds is 4. The van der Waals surface area contributed by atoms with E-state index in [4.69, 9.17) is 4.98 Å². The molecule has 2 heterocycles. The van der Waals surface area contributed by atoms with Gasteiger partial charge in [0.1, 0.15) is 11.6 Å². The zero-order valence-electron chi connectivity index (χ0n) is 19.4. The van der Waals surface area contributed by atoms with Gasteiger partial charge in [-0.15, -0.1) is 0 Å². The van der Waals surface area contributed by atoms with Gasteiger partial charge < -0.3 is 15.1 Å². The van der Waals surface area contributed by atoms with Crippen LogP contribution in [0.2, 0.25) is 0 Å². The first-order chi connectivity index (χ1) is 15.4. The maximum atomic E-state index is 12.8. The Morgan fingerprint density at radius 1 is 0.938 bits per heavy atom. The largest absolute Gasteiger partial charge is 0.353 e. The minimum Gasteiger partial charge on any atom is -0.353 e. The van der Waals surface area contributed by atoms with E-state index in [-0.39, 0.29) is 6.03 Å². The average molecular weight is 430 g/mol. The van der Waals surface area contributed by atoms with Gasteiger partial charge in [-0.2, -0.15) is 0 Å². The number of carbonyl (C=O) groups is 1. The molecule has 32 heavy (non-hydrogen) atoms. The second-order valence-electron chi connectivity index (χ2n) is 8.54. The van der Waals surface area contributed by atoms with Crippen molar-refractivity contribution in [2.75, 3.05) is 36.4 Å². The standard InChI is InChI=1S/C26H31N5O/c1-18-10-11-24(19(2)16-18)29-26(32)31-14-12-30(13-15-31)25-23(20(3)27-21(4)28-25)17-22-8-6-5-7-9-22/h5-11,16H,12-15,17H2,1-4H3,(H,29,32). The highest BCUT2D eigenvalue weighted by Gasteiger charge is 2.25. The summed E-state index contributed by atoms with van der Waals surface area (Å²) in [5.41, 5.74) is 6.57. The van der Waals surface area contributed by atoms with Gasteiger partial charge in [0.15, 0.2) is 0 Å². The Hall–Kier alpha value is -3.41. The van der Waals surface area contributed by atoms with Crippen LogP contribution in [0.25, 0.3) is 0 Å². The fourth-order valence-electron chi connectivity index (χ4n) is 4.26. The molecular formula is C26H31N5O. The number of nitrogens with zero attached hydrogens (tertiary/aromatic N) is 4. The summed E-state index contributed by atoms with van der Waals surface area (Å²) < 4.78 is 0. The number of hydrogen-bond acceptors (Lipinski definition) is 4. The van der Waals surface area contributed by atoms with Crippen LogP contribution in [0.5, 0.6) is 0 Å². The molecule has 0 radical (unpaired) electrons. The molecule has 3 aromatic rings. The molecular weight excluding hydrogens is 398 g/mol. The molecule has 2 amide bonds. The van der Waals surface area contributed by atoms with Gasteiger partial charge in [-0.25, -0.2) is 14.8 Å². The van der Waals surface area contributed by atoms with E-state index in [0.29, 0.717) is 13.1 Å². The predicted octanol–water partition coefficient (Wildman–Crippen LogP) is 4.66. The first kappa shape index (κ1) is 21.8. The zero-order chi connectivity index (χ0) is 22.7. The molecule has 2 aromatic carbocycles. The first-order valence-corrected chi connectivity index (χ1v) is 11.2. The average Bonchev–Trinajstić information content (AvgIpc) is 2.78. The molecule has 0 unspecified atom stereocenters. The normalized spacial score (nSPS) is 13.9. The number of piperazine rings is 1. The Bertz CT molecular complexity index is 1100. The van der Waals surface area contributed by atoms with Crippen LogP contribution in [0.15, 0.2) is 48.5 Å². The van der Waals surface area contributed by atoms with Gasteiger partial charge in [0.05, 0.1) is 0 Å². The van der Waals surface area contributed by atoms with Crippen molar-refractivity contribution in [2.45, 2.75) is 34.1 Å². The molecule has 0 aliphatic carbocycles. The molecule has 4 rings (SSSR count). The molecule has 1 saturated heterocycles. The van der Waals surface area contributed by atoms with Crippen molar-refractivity contribution in [1.82, 2.24) is 14.9 Å². The third-order valence-electron chi connectivity index (χ3n) is 6.02. The van der Waals surface area contributed by atoms with Crippen LogP contribution in [-0.4, -0.2) is 47.1 Å². The quantitative estimate of drug-likeness (QED) is 0.656. The Kier molecular flexibility index (Phi) is 6.40. The fraction of sp³-hybridized carbons (Fsp3) is 0.346. The van der Waals surface area contributed by atoms with Crippen molar-refractivity contribution >= 4 is 17.5 Å². The summed E-state index contributed by atoms with van der Waals surface area (Å²) in [4.78, 5) is 26.4. The van der Waals surface area contributed by atoms with Gasteiger partial charge in [0, 0.05) is 49.5 Å². The molecule has 0 spiro atoms. The lowest BCUT2D eigenvalue weighted by atomic mass is 10.0. The third kappa shape index (κ3) is 4.90. The van der Waals surface area contributed by atoms with E-state index in [2.05, 4.69) is 59.4 Å². The minimum absolute atomic E-state index is 0.0452. The molecule has 1 aromatic heterocycles. The Labute approximate surface area is 190 Å². The number of anilines is 2. The van der Waals surface area contributed by atoms with E-state index in [1.165, 1.54) is 11.1 Å². The van der Waals surface area contributed by atoms with Crippen molar-refractivity contribution in [1.29, 1.82) is 0 Å². The van der Waals surface area contributed by atoms with E-state index in [0.717, 1.165) is 53.7 Å². The van der Waals surface area contributed by atoms with Crippen LogP contribution in [-0.2, 0) is 6.42 Å². The maximum absolute atomic E-state index is 12.8. The smallest absolute Gasteiger partial charge is 0.321 e. The van der Waals surface area contributed by atoms with Crippen molar-refractivity contribution in [3.8, 4) is 0 Å². The number of benzene rings is 2. The van der Waals surface area contributed by atoms with Crippen LogP contribution in [0.3, 0.4) is 0 Å². The zero-order valence-corrected chi connectivity index (χ0v) is 19.4. The molecule has 1 N–H and O–H groups in total. The van der Waals surface area contributed by atoms with E-state index in [1.807, 2.05) is 36.9 Å². The second-order valence-corrected chi connectivity index (χ2v) is 8.54. The van der Waals surface area contributed by atoms with E-state index >= 15 is 0 Å². The van der Waals surface area contributed by atoms with Crippen molar-refractivity contribution in [2.24, 2.45) is 0 Å². The summed E-state index contributed by atoms with van der Waals surface area (Å²) in [6, 6.07) is 16.5. The monoisotopic (exact) mass is 429 g/mol. The maximum Gasteiger partial charge on any atom is 0.321 e. The lowest BCUT2D eigenvalue weighted by Crippen LogP contribution is -2.50. The van der Waals surface area contributed by atoms with E-state index in [9.17, 15) is 4.79 Å². The molecule has 0 saturated carbocycles. The minimum atomic E-state index is -0.0452. The summed E-state index contributed by atoms with van der Waals surface area (Å²) in [6.45, 7) is 10.9. The first-order valence-electron chi connectivity index (χ1n) is 11.2. The van der Waals surface area contributed by atoms with Crippen LogP contribution in [0.4, 0.5) is 16.3 Å². The van der Waals surface area contributed by atoms with Gasteiger partial charge in [-0.05, 0) is 44.9 Å². The summed E-state index contributed by atoms with van der Waals surface area (Å²) in [6.07, 6.45) is 0.801. The summed E-state index contributed by atoms with van der Waals surface area (Å²) >= 11 is 0. The van der Waals surface area contributed by atoms with E-state index < -0.39 is 0 Å². The molecule has 166 valence electrons. The SMILES string of the molecule is Cc1ccc(NC(=O)N2CCN(c3nc(C)nc(C)c3Cc3ccccc3)CC2)c(C)c1. The van der Waals surface area contributed by atoms with Crippen LogP contribution < -0.4 is 10.2 Å². The van der Waals surface area contributed by atoms with E-state index in [1.54, 1.807) is 0 Å². The molecule has 1 aliphatic heterocycles. The van der Waals surface area contributed by atoms with Crippen molar-refractivity contribution in [3.05, 3.63) is 82.3 Å². The highest BCUT2D eigenvalue weighted by molar-refractivity contribution is 5.90. The summed E-state index contributed by atoms with van der Waals surface area (Å²) in [7, 11) is 0. The number of carbonyl (C=O) groups excluding carboxylic acids is 1. The Morgan fingerprint density at radius 3 is 2.34 bits per heavy atom. The number of amides is 2. The van der Waals surface area contributed by atoms with Crippen molar-refractivity contribution in [3.63, 3.8) is 0 Å². The third-order valence-corrected chi connectivity index (χ3v) is 6.02. The topological polar surface area (TPSA) is 61.4 Å². The molecule has 0 bridgehead atoms. The highest BCUT2D eigenvalue weighted by Crippen LogP contribution is 2.25. The number of nitrogens with one attached hydrogen (secondary N) is 1. The van der Waals surface area contributed by atoms with Gasteiger partial charge >= 0.3 is 6.03 Å². The van der Waals surface area contributed by atoms with Crippen molar-refractivity contribution < 1.29 is 4.79 Å². The fourth-order valence-corrected chi connectivity index (χ4v) is 4.26. The highest BCUT2D eigenvalue weighted by atomic mass is 16.2. The number of urea groups is 1. The number of hydrogen-bond donors (Lipinski definition) is 1. The number of aryl methyl sites for hydroxylation is 4. The molecule has 1 aliphatic rings. The summed E-state index contributed by atoms with van der Waals surface area (Å²) in [5, 5.41) is 3.07. The Balaban J connectivity index is 1.46. The molecule has 6 nitrogen and oxygen atoms in total. The summed E-state index contributed by atoms with van der Waals surface area (Å²) in [5.74, 6) is 1.78. The molecule has 0 atom stereocenters. The molecule has 1 fully saturated rings. The van der Waals surface area contributed by atoms with Gasteiger partial charge in [-0.3, -0.25) is 0 Å². The lowest BCUT2D eigenvalue weighted by Gasteiger charge is -2.36. The van der Waals surface area contributed by atoms with Crippen LogP contribution in [0, 0.1) is 27.7 Å². The lowest BCUT2D eigenvalue weighted by molar-refractivity contribution is 0.208. The van der Waals surface area contributed by atoms with Gasteiger partial charge in [-0.1, -0.05) is 48.0 Å². The van der Waals surface area contributed by atoms with Gasteiger partial charge in [0.2, 0.25) is 0 Å². The predicted molar refractivity (Wildman–Crippen MR) is 129 cm³/mol. The van der Waals surface area contributed by atoms with Gasteiger partial charge in [0.25, 0.3) is 0 Å².